The molecule has 0 aliphatic carbocycles. The number of carboxylic acids is 1. The first-order chi connectivity index (χ1) is 8.97. The topological polar surface area (TPSA) is 82.5 Å². The highest BCUT2D eigenvalue weighted by Gasteiger charge is 2.18. The van der Waals surface area contributed by atoms with Crippen molar-refractivity contribution in [1.82, 2.24) is 10.3 Å². The summed E-state index contributed by atoms with van der Waals surface area (Å²) < 4.78 is 13.9. The molecule has 19 heavy (non-hydrogen) atoms. The number of nitrogens with one attached hydrogen (secondary N) is 1. The van der Waals surface area contributed by atoms with Crippen LogP contribution in [0.4, 0.5) is 10.2 Å². The maximum Gasteiger partial charge on any atom is 0.338 e. The highest BCUT2D eigenvalue weighted by Crippen LogP contribution is 2.18. The van der Waals surface area contributed by atoms with Crippen LogP contribution in [0.2, 0.25) is 0 Å². The Morgan fingerprint density at radius 2 is 2.21 bits per heavy atom. The monoisotopic (exact) mass is 269 g/mol. The zero-order chi connectivity index (χ0) is 14.4. The van der Waals surface area contributed by atoms with Gasteiger partial charge in [-0.1, -0.05) is 6.92 Å². The zero-order valence-electron chi connectivity index (χ0n) is 10.8. The van der Waals surface area contributed by atoms with Crippen molar-refractivity contribution in [1.29, 1.82) is 0 Å². The normalized spacial score (nSPS) is 10.1. The van der Waals surface area contributed by atoms with Crippen molar-refractivity contribution in [2.24, 2.45) is 0 Å². The fourth-order valence-electron chi connectivity index (χ4n) is 1.47. The van der Waals surface area contributed by atoms with Crippen LogP contribution in [0.3, 0.4) is 0 Å². The summed E-state index contributed by atoms with van der Waals surface area (Å²) >= 11 is 0. The summed E-state index contributed by atoms with van der Waals surface area (Å²) in [6.07, 6.45) is 2.00. The van der Waals surface area contributed by atoms with Gasteiger partial charge in [-0.3, -0.25) is 4.79 Å². The van der Waals surface area contributed by atoms with Crippen LogP contribution in [0.5, 0.6) is 0 Å². The second-order valence-corrected chi connectivity index (χ2v) is 4.01. The van der Waals surface area contributed by atoms with Crippen molar-refractivity contribution in [3.63, 3.8) is 0 Å². The van der Waals surface area contributed by atoms with E-state index in [1.165, 1.54) is 18.1 Å². The number of amides is 1. The Morgan fingerprint density at radius 1 is 1.53 bits per heavy atom. The summed E-state index contributed by atoms with van der Waals surface area (Å²) in [5.41, 5.74) is -0.467. The lowest BCUT2D eigenvalue weighted by molar-refractivity contribution is -0.119. The number of hydrogen-bond acceptors (Lipinski definition) is 4. The van der Waals surface area contributed by atoms with E-state index >= 15 is 0 Å². The molecule has 0 aromatic carbocycles. The van der Waals surface area contributed by atoms with Crippen LogP contribution in [-0.4, -0.2) is 42.1 Å². The summed E-state index contributed by atoms with van der Waals surface area (Å²) in [7, 11) is 1.47. The molecule has 0 aliphatic rings. The van der Waals surface area contributed by atoms with Gasteiger partial charge in [-0.2, -0.15) is 0 Å². The first-order valence-electron chi connectivity index (χ1n) is 5.83. The fraction of sp³-hybridized carbons (Fsp3) is 0.417. The van der Waals surface area contributed by atoms with Crippen molar-refractivity contribution >= 4 is 17.7 Å². The molecule has 0 bridgehead atoms. The van der Waals surface area contributed by atoms with Gasteiger partial charge in [0.05, 0.1) is 6.54 Å². The van der Waals surface area contributed by atoms with Crippen LogP contribution in [0.1, 0.15) is 23.7 Å². The molecule has 1 aromatic rings. The quantitative estimate of drug-likeness (QED) is 0.801. The van der Waals surface area contributed by atoms with Gasteiger partial charge in [-0.25, -0.2) is 14.2 Å². The van der Waals surface area contributed by atoms with E-state index in [0.29, 0.717) is 6.54 Å². The molecule has 0 spiro atoms. The van der Waals surface area contributed by atoms with Crippen LogP contribution < -0.4 is 10.2 Å². The summed E-state index contributed by atoms with van der Waals surface area (Å²) in [6.45, 7) is 2.37. The summed E-state index contributed by atoms with van der Waals surface area (Å²) in [4.78, 5) is 27.3. The highest BCUT2D eigenvalue weighted by atomic mass is 19.1. The second kappa shape index (κ2) is 6.67. The van der Waals surface area contributed by atoms with Crippen molar-refractivity contribution in [3.8, 4) is 0 Å². The molecule has 1 amide bonds. The molecular weight excluding hydrogens is 253 g/mol. The number of aromatic nitrogens is 1. The van der Waals surface area contributed by atoms with E-state index in [9.17, 15) is 14.0 Å². The first-order valence-corrected chi connectivity index (χ1v) is 5.83. The Hall–Kier alpha value is -2.18. The third kappa shape index (κ3) is 3.90. The predicted molar refractivity (Wildman–Crippen MR) is 67.7 cm³/mol. The number of hydrogen-bond donors (Lipinski definition) is 2. The molecule has 1 heterocycles. The van der Waals surface area contributed by atoms with Gasteiger partial charge in [0.25, 0.3) is 0 Å². The second-order valence-electron chi connectivity index (χ2n) is 4.01. The van der Waals surface area contributed by atoms with Crippen molar-refractivity contribution < 1.29 is 19.1 Å². The number of rotatable bonds is 6. The minimum Gasteiger partial charge on any atom is -0.478 e. The van der Waals surface area contributed by atoms with Gasteiger partial charge in [-0.05, 0) is 12.5 Å². The molecule has 6 nitrogen and oxygen atoms in total. The number of carboxylic acid groups (broad SMARTS) is 1. The molecule has 7 heteroatoms. The number of halogens is 1. The van der Waals surface area contributed by atoms with Gasteiger partial charge in [0.1, 0.15) is 5.56 Å². The first kappa shape index (κ1) is 14.9. The Kier molecular flexibility index (Phi) is 5.23. The number of likely N-dealkylation sites (N-methyl/N-ethyl adjacent to an activating group) is 1. The highest BCUT2D eigenvalue weighted by molar-refractivity contribution is 5.89. The third-order valence-corrected chi connectivity index (χ3v) is 2.42. The molecule has 0 aliphatic heterocycles. The standard InChI is InChI=1S/C12H16FN3O3/c1-3-5-14-9(17)7-16(2)11-10(13)8(12(18)19)4-6-15-11/h4,6H,3,5,7H2,1-2H3,(H,14,17)(H,18,19). The largest absolute Gasteiger partial charge is 0.478 e. The smallest absolute Gasteiger partial charge is 0.338 e. The molecule has 1 rings (SSSR count). The number of aromatic carboxylic acids is 1. The number of anilines is 1. The van der Waals surface area contributed by atoms with Gasteiger partial charge in [0.15, 0.2) is 11.6 Å². The van der Waals surface area contributed by atoms with Crippen molar-refractivity contribution in [2.45, 2.75) is 13.3 Å². The van der Waals surface area contributed by atoms with E-state index in [-0.39, 0.29) is 18.3 Å². The van der Waals surface area contributed by atoms with Crippen LogP contribution in [-0.2, 0) is 4.79 Å². The number of carbonyl (C=O) groups is 2. The van der Waals surface area contributed by atoms with Gasteiger partial charge < -0.3 is 15.3 Å². The molecule has 0 saturated heterocycles. The average molecular weight is 269 g/mol. The Labute approximate surface area is 110 Å². The summed E-state index contributed by atoms with van der Waals surface area (Å²) in [6, 6.07) is 1.08. The van der Waals surface area contributed by atoms with E-state index in [1.807, 2.05) is 6.92 Å². The van der Waals surface area contributed by atoms with Gasteiger partial charge in [0.2, 0.25) is 5.91 Å². The average Bonchev–Trinajstić information content (AvgIpc) is 2.36. The molecule has 0 unspecified atom stereocenters. The van der Waals surface area contributed by atoms with Crippen LogP contribution >= 0.6 is 0 Å². The van der Waals surface area contributed by atoms with E-state index in [4.69, 9.17) is 5.11 Å². The number of nitrogens with zero attached hydrogens (tertiary/aromatic N) is 2. The predicted octanol–water partition coefficient (Wildman–Crippen LogP) is 0.881. The lowest BCUT2D eigenvalue weighted by Crippen LogP contribution is -2.36. The minimum atomic E-state index is -1.37. The number of carbonyl (C=O) groups excluding carboxylic acids is 1. The Morgan fingerprint density at radius 3 is 2.79 bits per heavy atom. The number of pyridine rings is 1. The van der Waals surface area contributed by atoms with E-state index in [2.05, 4.69) is 10.3 Å². The lowest BCUT2D eigenvalue weighted by Gasteiger charge is -2.18. The molecular formula is C12H16FN3O3. The Balaban J connectivity index is 2.82. The maximum absolute atomic E-state index is 13.9. The van der Waals surface area contributed by atoms with E-state index in [1.54, 1.807) is 0 Å². The van der Waals surface area contributed by atoms with Crippen LogP contribution in [0, 0.1) is 5.82 Å². The fourth-order valence-corrected chi connectivity index (χ4v) is 1.47. The van der Waals surface area contributed by atoms with E-state index in [0.717, 1.165) is 12.5 Å². The molecule has 1 aromatic heterocycles. The van der Waals surface area contributed by atoms with Crippen LogP contribution in [0.15, 0.2) is 12.3 Å². The lowest BCUT2D eigenvalue weighted by atomic mass is 10.2. The molecule has 0 saturated carbocycles. The molecule has 0 fully saturated rings. The zero-order valence-corrected chi connectivity index (χ0v) is 10.8. The van der Waals surface area contributed by atoms with Crippen molar-refractivity contribution in [3.05, 3.63) is 23.6 Å². The molecule has 104 valence electrons. The minimum absolute atomic E-state index is 0.0903. The Bertz CT molecular complexity index is 479. The third-order valence-electron chi connectivity index (χ3n) is 2.42. The molecule has 0 radical (unpaired) electrons. The van der Waals surface area contributed by atoms with Gasteiger partial charge in [0, 0.05) is 19.8 Å². The van der Waals surface area contributed by atoms with E-state index < -0.39 is 17.3 Å². The summed E-state index contributed by atoms with van der Waals surface area (Å²) in [5.74, 6) is -2.75. The molecule has 0 atom stereocenters. The SMILES string of the molecule is CCCNC(=O)CN(C)c1nccc(C(=O)O)c1F. The summed E-state index contributed by atoms with van der Waals surface area (Å²) in [5, 5.41) is 11.4. The van der Waals surface area contributed by atoms with Gasteiger partial charge in [-0.15, -0.1) is 0 Å². The van der Waals surface area contributed by atoms with Crippen LogP contribution in [0.25, 0.3) is 0 Å². The van der Waals surface area contributed by atoms with Gasteiger partial charge >= 0.3 is 5.97 Å². The maximum atomic E-state index is 13.9. The van der Waals surface area contributed by atoms with Crippen molar-refractivity contribution in [2.75, 3.05) is 25.0 Å². The molecule has 2 N–H and O–H groups in total.